The van der Waals surface area contributed by atoms with Gasteiger partial charge in [0.15, 0.2) is 10.2 Å². The van der Waals surface area contributed by atoms with Crippen LogP contribution in [0.25, 0.3) is 0 Å². The van der Waals surface area contributed by atoms with Crippen molar-refractivity contribution in [1.29, 1.82) is 0 Å². The van der Waals surface area contributed by atoms with Gasteiger partial charge in [-0.05, 0) is 79.7 Å². The summed E-state index contributed by atoms with van der Waals surface area (Å²) >= 11 is 7.42. The van der Waals surface area contributed by atoms with Gasteiger partial charge in [-0.25, -0.2) is 0 Å². The van der Waals surface area contributed by atoms with Crippen molar-refractivity contribution in [3.05, 3.63) is 108 Å². The Hall–Kier alpha value is -3.09. The lowest BCUT2D eigenvalue weighted by atomic mass is 10.0. The predicted octanol–water partition coefficient (Wildman–Crippen LogP) is 6.87. The number of anilines is 1. The van der Waals surface area contributed by atoms with E-state index in [0.717, 1.165) is 33.6 Å². The molecule has 6 heteroatoms. The number of rotatable bonds is 6. The SMILES string of the molecule is CCc1ccc(N2C(=S)N[C@H](c3ccccn3)[C@H]2c2ccc(Sc3ccc(C)cc3)o2)cc1. The molecule has 0 saturated carbocycles. The average Bonchev–Trinajstić information content (AvgIpc) is 3.45. The standard InChI is InChI=1S/C27H25N3OS2/c1-3-19-9-11-20(12-10-19)30-26(25(29-27(30)32)22-6-4-5-17-28-22)23-15-16-24(31-23)33-21-13-7-18(2)8-14-21/h4-17,25-26H,3H2,1-2H3,(H,29,32)/t25-,26-/m1/s1. The van der Waals surface area contributed by atoms with Gasteiger partial charge in [0.2, 0.25) is 0 Å². The summed E-state index contributed by atoms with van der Waals surface area (Å²) in [5.41, 5.74) is 4.51. The quantitative estimate of drug-likeness (QED) is 0.309. The smallest absolute Gasteiger partial charge is 0.174 e. The maximum absolute atomic E-state index is 6.39. The van der Waals surface area contributed by atoms with E-state index in [1.54, 1.807) is 11.8 Å². The van der Waals surface area contributed by atoms with Gasteiger partial charge in [0.25, 0.3) is 0 Å². The first kappa shape index (κ1) is 21.7. The lowest BCUT2D eigenvalue weighted by molar-refractivity contribution is 0.383. The van der Waals surface area contributed by atoms with Gasteiger partial charge < -0.3 is 14.6 Å². The van der Waals surface area contributed by atoms with E-state index in [0.29, 0.717) is 5.11 Å². The van der Waals surface area contributed by atoms with Crippen molar-refractivity contribution in [2.45, 2.75) is 42.3 Å². The highest BCUT2D eigenvalue weighted by molar-refractivity contribution is 7.99. The van der Waals surface area contributed by atoms with Crippen molar-refractivity contribution in [2.75, 3.05) is 4.90 Å². The molecule has 33 heavy (non-hydrogen) atoms. The van der Waals surface area contributed by atoms with Crippen LogP contribution in [0.4, 0.5) is 5.69 Å². The summed E-state index contributed by atoms with van der Waals surface area (Å²) in [5.74, 6) is 0.854. The number of hydrogen-bond acceptors (Lipinski definition) is 4. The third-order valence-electron chi connectivity index (χ3n) is 5.85. The molecule has 1 fully saturated rings. The monoisotopic (exact) mass is 471 g/mol. The number of aromatic nitrogens is 1. The molecular formula is C27H25N3OS2. The van der Waals surface area contributed by atoms with Gasteiger partial charge >= 0.3 is 0 Å². The average molecular weight is 472 g/mol. The molecule has 0 aliphatic carbocycles. The van der Waals surface area contributed by atoms with Gasteiger partial charge in [-0.1, -0.05) is 54.6 Å². The van der Waals surface area contributed by atoms with Gasteiger partial charge in [0, 0.05) is 16.8 Å². The Morgan fingerprint density at radius 2 is 1.79 bits per heavy atom. The van der Waals surface area contributed by atoms with Crippen LogP contribution >= 0.6 is 24.0 Å². The first-order valence-electron chi connectivity index (χ1n) is 11.1. The van der Waals surface area contributed by atoms with E-state index in [1.807, 2.05) is 30.5 Å². The Bertz CT molecular complexity index is 1240. The largest absolute Gasteiger partial charge is 0.452 e. The van der Waals surface area contributed by atoms with Gasteiger partial charge in [0.05, 0.1) is 11.7 Å². The van der Waals surface area contributed by atoms with Crippen molar-refractivity contribution in [1.82, 2.24) is 10.3 Å². The molecule has 1 saturated heterocycles. The van der Waals surface area contributed by atoms with Crippen molar-refractivity contribution < 1.29 is 4.42 Å². The molecule has 1 aliphatic rings. The van der Waals surface area contributed by atoms with E-state index in [1.165, 1.54) is 11.1 Å². The number of hydrogen-bond donors (Lipinski definition) is 1. The lowest BCUT2D eigenvalue weighted by Crippen LogP contribution is -2.29. The normalized spacial score (nSPS) is 17.9. The van der Waals surface area contributed by atoms with E-state index >= 15 is 0 Å². The van der Waals surface area contributed by atoms with E-state index < -0.39 is 0 Å². The fourth-order valence-corrected chi connectivity index (χ4v) is 5.21. The number of pyridine rings is 1. The van der Waals surface area contributed by atoms with Crippen LogP contribution in [0, 0.1) is 6.92 Å². The van der Waals surface area contributed by atoms with Gasteiger partial charge in [-0.15, -0.1) is 0 Å². The predicted molar refractivity (Wildman–Crippen MR) is 138 cm³/mol. The Morgan fingerprint density at radius 3 is 2.48 bits per heavy atom. The molecule has 166 valence electrons. The van der Waals surface area contributed by atoms with Gasteiger partial charge in [0.1, 0.15) is 11.8 Å². The zero-order chi connectivity index (χ0) is 22.8. The molecule has 2 aromatic carbocycles. The molecule has 5 rings (SSSR count). The second-order valence-corrected chi connectivity index (χ2v) is 9.55. The molecule has 1 N–H and O–H groups in total. The van der Waals surface area contributed by atoms with Crippen molar-refractivity contribution in [3.63, 3.8) is 0 Å². The van der Waals surface area contributed by atoms with Crippen molar-refractivity contribution in [2.24, 2.45) is 0 Å². The minimum absolute atomic E-state index is 0.118. The zero-order valence-corrected chi connectivity index (χ0v) is 20.2. The van der Waals surface area contributed by atoms with E-state index in [4.69, 9.17) is 16.6 Å². The summed E-state index contributed by atoms with van der Waals surface area (Å²) < 4.78 is 6.39. The van der Waals surface area contributed by atoms with Gasteiger partial charge in [-0.3, -0.25) is 4.98 Å². The van der Waals surface area contributed by atoms with E-state index in [2.05, 4.69) is 83.6 Å². The van der Waals surface area contributed by atoms with Crippen LogP contribution in [-0.2, 0) is 6.42 Å². The number of thiocarbonyl (C=S) groups is 1. The summed E-state index contributed by atoms with van der Waals surface area (Å²) in [5, 5.41) is 5.01. The van der Waals surface area contributed by atoms with Crippen LogP contribution in [0.3, 0.4) is 0 Å². The van der Waals surface area contributed by atoms with Crippen LogP contribution in [0.1, 0.15) is 41.6 Å². The number of benzene rings is 2. The zero-order valence-electron chi connectivity index (χ0n) is 18.6. The van der Waals surface area contributed by atoms with Gasteiger partial charge in [-0.2, -0.15) is 0 Å². The highest BCUT2D eigenvalue weighted by Crippen LogP contribution is 2.43. The molecule has 1 aliphatic heterocycles. The van der Waals surface area contributed by atoms with Crippen LogP contribution < -0.4 is 10.2 Å². The highest BCUT2D eigenvalue weighted by atomic mass is 32.2. The van der Waals surface area contributed by atoms with Crippen LogP contribution in [0.15, 0.2) is 99.5 Å². The third-order valence-corrected chi connectivity index (χ3v) is 7.10. The number of aryl methyl sites for hydroxylation is 2. The number of nitrogens with zero attached hydrogens (tertiary/aromatic N) is 2. The Kier molecular flexibility index (Phi) is 6.20. The maximum Gasteiger partial charge on any atom is 0.174 e. The summed E-state index contributed by atoms with van der Waals surface area (Å²) in [6, 6.07) is 26.8. The minimum Gasteiger partial charge on any atom is -0.452 e. The second kappa shape index (κ2) is 9.41. The molecule has 4 aromatic rings. The number of furan rings is 1. The van der Waals surface area contributed by atoms with Crippen LogP contribution in [0.2, 0.25) is 0 Å². The first-order chi connectivity index (χ1) is 16.1. The minimum atomic E-state index is -0.146. The van der Waals surface area contributed by atoms with E-state index in [-0.39, 0.29) is 12.1 Å². The highest BCUT2D eigenvalue weighted by Gasteiger charge is 2.42. The molecule has 0 radical (unpaired) electrons. The van der Waals surface area contributed by atoms with Crippen LogP contribution in [-0.4, -0.2) is 10.1 Å². The third kappa shape index (κ3) is 4.54. The fraction of sp³-hybridized carbons (Fsp3) is 0.185. The number of nitrogens with one attached hydrogen (secondary N) is 1. The summed E-state index contributed by atoms with van der Waals surface area (Å²) in [4.78, 5) is 7.91. The topological polar surface area (TPSA) is 41.3 Å². The Morgan fingerprint density at radius 1 is 1.00 bits per heavy atom. The molecular weight excluding hydrogens is 446 g/mol. The van der Waals surface area contributed by atoms with Crippen molar-refractivity contribution in [3.8, 4) is 0 Å². The summed E-state index contributed by atoms with van der Waals surface area (Å²) in [6.45, 7) is 4.25. The fourth-order valence-electron chi connectivity index (χ4n) is 4.08. The lowest BCUT2D eigenvalue weighted by Gasteiger charge is -2.26. The Balaban J connectivity index is 1.51. The first-order valence-corrected chi connectivity index (χ1v) is 12.3. The Labute approximate surface area is 204 Å². The molecule has 2 atom stereocenters. The summed E-state index contributed by atoms with van der Waals surface area (Å²) in [7, 11) is 0. The molecule has 0 bridgehead atoms. The van der Waals surface area contributed by atoms with Crippen molar-refractivity contribution >= 4 is 34.8 Å². The van der Waals surface area contributed by atoms with E-state index in [9.17, 15) is 0 Å². The molecule has 2 aromatic heterocycles. The summed E-state index contributed by atoms with van der Waals surface area (Å²) in [6.07, 6.45) is 2.82. The molecule has 4 nitrogen and oxygen atoms in total. The second-order valence-electron chi connectivity index (χ2n) is 8.09. The van der Waals surface area contributed by atoms with Crippen LogP contribution in [0.5, 0.6) is 0 Å². The molecule has 3 heterocycles. The molecule has 0 spiro atoms. The molecule has 0 unspecified atom stereocenters. The maximum atomic E-state index is 6.39. The molecule has 0 amide bonds.